The molecule has 1 aromatic rings. The molecule has 0 saturated heterocycles. The van der Waals surface area contributed by atoms with Gasteiger partial charge in [0.25, 0.3) is 0 Å². The van der Waals surface area contributed by atoms with Crippen LogP contribution in [0.1, 0.15) is 45.6 Å². The molecule has 7 heteroatoms. The lowest BCUT2D eigenvalue weighted by Crippen LogP contribution is -2.26. The van der Waals surface area contributed by atoms with Gasteiger partial charge in [-0.25, -0.2) is 17.8 Å². The van der Waals surface area contributed by atoms with Gasteiger partial charge in [-0.2, -0.15) is 5.10 Å². The third-order valence-corrected chi connectivity index (χ3v) is 4.81. The normalized spacial score (nSPS) is 16.4. The molecule has 1 heterocycles. The monoisotopic (exact) mass is 272 g/mol. The Morgan fingerprint density at radius 2 is 2.11 bits per heavy atom. The number of hydrogen-bond donors (Lipinski definition) is 2. The SMILES string of the molecule is CCC(CC)n1ncc(S(=O)(=O)NC2CC2)c1N. The zero-order valence-corrected chi connectivity index (χ0v) is 11.6. The first-order valence-electron chi connectivity index (χ1n) is 6.34. The van der Waals surface area contributed by atoms with Gasteiger partial charge in [0.2, 0.25) is 10.0 Å². The molecule has 102 valence electrons. The molecule has 0 radical (unpaired) electrons. The second-order valence-corrected chi connectivity index (χ2v) is 6.39. The quantitative estimate of drug-likeness (QED) is 0.816. The van der Waals surface area contributed by atoms with Crippen LogP contribution in [0.2, 0.25) is 0 Å². The molecule has 18 heavy (non-hydrogen) atoms. The van der Waals surface area contributed by atoms with Gasteiger partial charge in [0.05, 0.1) is 12.2 Å². The number of rotatable bonds is 6. The average Bonchev–Trinajstić information content (AvgIpc) is 3.02. The maximum Gasteiger partial charge on any atom is 0.246 e. The summed E-state index contributed by atoms with van der Waals surface area (Å²) in [5.74, 6) is 0.233. The van der Waals surface area contributed by atoms with Crippen LogP contribution in [0.3, 0.4) is 0 Å². The predicted octanol–water partition coefficient (Wildman–Crippen LogP) is 1.27. The molecule has 1 aromatic heterocycles. The molecule has 0 bridgehead atoms. The Labute approximate surface area is 108 Å². The summed E-state index contributed by atoms with van der Waals surface area (Å²) in [5, 5.41) is 4.12. The Bertz CT molecular complexity index is 515. The molecule has 1 aliphatic carbocycles. The van der Waals surface area contributed by atoms with Crippen LogP contribution in [-0.4, -0.2) is 24.2 Å². The second-order valence-electron chi connectivity index (χ2n) is 4.70. The first-order valence-corrected chi connectivity index (χ1v) is 7.83. The van der Waals surface area contributed by atoms with Gasteiger partial charge >= 0.3 is 0 Å². The van der Waals surface area contributed by atoms with Gasteiger partial charge in [0, 0.05) is 6.04 Å². The van der Waals surface area contributed by atoms with Crippen molar-refractivity contribution < 1.29 is 8.42 Å². The van der Waals surface area contributed by atoms with Crippen LogP contribution in [0.25, 0.3) is 0 Å². The molecule has 1 aliphatic rings. The molecule has 0 amide bonds. The summed E-state index contributed by atoms with van der Waals surface area (Å²) < 4.78 is 28.4. The van der Waals surface area contributed by atoms with Crippen LogP contribution >= 0.6 is 0 Å². The number of anilines is 1. The predicted molar refractivity (Wildman–Crippen MR) is 69.6 cm³/mol. The van der Waals surface area contributed by atoms with Crippen LogP contribution in [0.15, 0.2) is 11.1 Å². The summed E-state index contributed by atoms with van der Waals surface area (Å²) in [5.41, 5.74) is 5.92. The van der Waals surface area contributed by atoms with Gasteiger partial charge in [-0.05, 0) is 25.7 Å². The third-order valence-electron chi connectivity index (χ3n) is 3.28. The van der Waals surface area contributed by atoms with E-state index in [2.05, 4.69) is 9.82 Å². The third kappa shape index (κ3) is 2.51. The molecule has 6 nitrogen and oxygen atoms in total. The summed E-state index contributed by atoms with van der Waals surface area (Å²) in [6, 6.07) is 0.223. The van der Waals surface area contributed by atoms with Crippen molar-refractivity contribution in [3.8, 4) is 0 Å². The highest BCUT2D eigenvalue weighted by molar-refractivity contribution is 7.89. The zero-order chi connectivity index (χ0) is 13.3. The topological polar surface area (TPSA) is 90.0 Å². The summed E-state index contributed by atoms with van der Waals surface area (Å²) in [7, 11) is -3.52. The van der Waals surface area contributed by atoms with Crippen molar-refractivity contribution in [1.82, 2.24) is 14.5 Å². The van der Waals surface area contributed by atoms with Gasteiger partial charge in [0.1, 0.15) is 10.7 Å². The van der Waals surface area contributed by atoms with Crippen molar-refractivity contribution in [2.24, 2.45) is 0 Å². The summed E-state index contributed by atoms with van der Waals surface area (Å²) in [4.78, 5) is 0.0984. The Balaban J connectivity index is 2.29. The van der Waals surface area contributed by atoms with E-state index in [9.17, 15) is 8.42 Å². The molecule has 1 saturated carbocycles. The minimum absolute atomic E-state index is 0.0749. The van der Waals surface area contributed by atoms with E-state index >= 15 is 0 Å². The molecule has 3 N–H and O–H groups in total. The van der Waals surface area contributed by atoms with E-state index in [0.29, 0.717) is 0 Å². The Hall–Kier alpha value is -1.08. The number of hydrogen-bond acceptors (Lipinski definition) is 4. The lowest BCUT2D eigenvalue weighted by atomic mass is 10.2. The summed E-state index contributed by atoms with van der Waals surface area (Å²) in [6.07, 6.45) is 4.90. The first-order chi connectivity index (χ1) is 8.49. The Kier molecular flexibility index (Phi) is 3.63. The van der Waals surface area contributed by atoms with Crippen molar-refractivity contribution in [3.05, 3.63) is 6.20 Å². The van der Waals surface area contributed by atoms with Crippen molar-refractivity contribution in [3.63, 3.8) is 0 Å². The van der Waals surface area contributed by atoms with Crippen molar-refractivity contribution >= 4 is 15.8 Å². The van der Waals surface area contributed by atoms with Gasteiger partial charge in [-0.1, -0.05) is 13.8 Å². The number of nitrogen functional groups attached to an aromatic ring is 1. The molecular formula is C11H20N4O2S. The van der Waals surface area contributed by atoms with E-state index < -0.39 is 10.0 Å². The fraction of sp³-hybridized carbons (Fsp3) is 0.727. The highest BCUT2D eigenvalue weighted by Crippen LogP contribution is 2.27. The average molecular weight is 272 g/mol. The van der Waals surface area contributed by atoms with Gasteiger partial charge in [-0.3, -0.25) is 0 Å². The summed E-state index contributed by atoms with van der Waals surface area (Å²) in [6.45, 7) is 4.07. The molecular weight excluding hydrogens is 252 g/mol. The van der Waals surface area contributed by atoms with E-state index in [0.717, 1.165) is 25.7 Å². The number of nitrogens with two attached hydrogens (primary N) is 1. The summed E-state index contributed by atoms with van der Waals surface area (Å²) >= 11 is 0. The minimum Gasteiger partial charge on any atom is -0.383 e. The van der Waals surface area contributed by atoms with Crippen LogP contribution in [0.5, 0.6) is 0 Å². The highest BCUT2D eigenvalue weighted by Gasteiger charge is 2.31. The molecule has 2 rings (SSSR count). The van der Waals surface area contributed by atoms with Crippen molar-refractivity contribution in [2.75, 3.05) is 5.73 Å². The van der Waals surface area contributed by atoms with E-state index in [-0.39, 0.29) is 22.8 Å². The van der Waals surface area contributed by atoms with Gasteiger partial charge < -0.3 is 5.73 Å². The second kappa shape index (κ2) is 4.89. The maximum atomic E-state index is 12.1. The molecule has 0 unspecified atom stereocenters. The van der Waals surface area contributed by atoms with Crippen LogP contribution < -0.4 is 10.5 Å². The van der Waals surface area contributed by atoms with Gasteiger partial charge in [-0.15, -0.1) is 0 Å². The Morgan fingerprint density at radius 3 is 2.61 bits per heavy atom. The molecule has 0 aromatic carbocycles. The number of nitrogens with one attached hydrogen (secondary N) is 1. The molecule has 0 atom stereocenters. The lowest BCUT2D eigenvalue weighted by molar-refractivity contribution is 0.434. The first kappa shape index (κ1) is 13.4. The molecule has 1 fully saturated rings. The Morgan fingerprint density at radius 1 is 1.50 bits per heavy atom. The van der Waals surface area contributed by atoms with Crippen molar-refractivity contribution in [2.45, 2.75) is 56.5 Å². The minimum atomic E-state index is -3.52. The maximum absolute atomic E-state index is 12.1. The van der Waals surface area contributed by atoms with Crippen LogP contribution in [-0.2, 0) is 10.0 Å². The smallest absolute Gasteiger partial charge is 0.246 e. The van der Waals surface area contributed by atoms with E-state index in [1.54, 1.807) is 4.68 Å². The number of sulfonamides is 1. The molecule has 0 spiro atoms. The lowest BCUT2D eigenvalue weighted by Gasteiger charge is -2.15. The largest absolute Gasteiger partial charge is 0.383 e. The fourth-order valence-corrected chi connectivity index (χ4v) is 3.33. The zero-order valence-electron chi connectivity index (χ0n) is 10.8. The number of nitrogens with zero attached hydrogens (tertiary/aromatic N) is 2. The van der Waals surface area contributed by atoms with E-state index in [1.165, 1.54) is 6.20 Å². The van der Waals surface area contributed by atoms with Crippen LogP contribution in [0.4, 0.5) is 5.82 Å². The van der Waals surface area contributed by atoms with E-state index in [1.807, 2.05) is 13.8 Å². The van der Waals surface area contributed by atoms with Crippen molar-refractivity contribution in [1.29, 1.82) is 0 Å². The fourth-order valence-electron chi connectivity index (χ4n) is 1.97. The van der Waals surface area contributed by atoms with Crippen LogP contribution in [0, 0.1) is 0 Å². The highest BCUT2D eigenvalue weighted by atomic mass is 32.2. The van der Waals surface area contributed by atoms with E-state index in [4.69, 9.17) is 5.73 Å². The van der Waals surface area contributed by atoms with Gasteiger partial charge in [0.15, 0.2) is 0 Å². The molecule has 0 aliphatic heterocycles. The standard InChI is InChI=1S/C11H20N4O2S/c1-3-9(4-2)15-11(12)10(7-13-15)18(16,17)14-8-5-6-8/h7-9,14H,3-6,12H2,1-2H3. The number of aromatic nitrogens is 2.